The van der Waals surface area contributed by atoms with Gasteiger partial charge in [-0.3, -0.25) is 14.9 Å². The second kappa shape index (κ2) is 7.24. The van der Waals surface area contributed by atoms with Crippen LogP contribution in [-0.4, -0.2) is 16.6 Å². The third-order valence-corrected chi connectivity index (χ3v) is 3.94. The van der Waals surface area contributed by atoms with E-state index in [1.165, 1.54) is 36.0 Å². The van der Waals surface area contributed by atoms with E-state index < -0.39 is 10.7 Å². The first-order valence-corrected chi connectivity index (χ1v) is 7.44. The summed E-state index contributed by atoms with van der Waals surface area (Å²) in [4.78, 5) is 22.5. The highest BCUT2D eigenvalue weighted by Gasteiger charge is 2.08. The number of halogens is 2. The maximum Gasteiger partial charge on any atom is 0.269 e. The fraction of sp³-hybridized carbons (Fsp3) is 0.0714. The second-order valence-corrected chi connectivity index (χ2v) is 5.67. The van der Waals surface area contributed by atoms with Crippen molar-refractivity contribution in [2.24, 2.45) is 0 Å². The van der Waals surface area contributed by atoms with Gasteiger partial charge in [0.2, 0.25) is 5.91 Å². The molecule has 2 aromatic carbocycles. The lowest BCUT2D eigenvalue weighted by atomic mass is 10.3. The Balaban J connectivity index is 1.89. The Morgan fingerprint density at radius 2 is 1.95 bits per heavy atom. The van der Waals surface area contributed by atoms with Crippen LogP contribution >= 0.6 is 23.4 Å². The number of carbonyl (C=O) groups excluding carboxylic acids is 1. The van der Waals surface area contributed by atoms with Crippen LogP contribution in [0.4, 0.5) is 15.8 Å². The van der Waals surface area contributed by atoms with Crippen LogP contribution in [0.3, 0.4) is 0 Å². The predicted octanol–water partition coefficient (Wildman–Crippen LogP) is 4.12. The second-order valence-electron chi connectivity index (χ2n) is 4.22. The van der Waals surface area contributed by atoms with Crippen molar-refractivity contribution in [3.05, 3.63) is 63.4 Å². The third-order valence-electron chi connectivity index (χ3n) is 2.62. The molecule has 0 aliphatic carbocycles. The number of non-ortho nitro benzene ring substituents is 1. The van der Waals surface area contributed by atoms with Crippen molar-refractivity contribution >= 4 is 40.6 Å². The van der Waals surface area contributed by atoms with Crippen molar-refractivity contribution in [2.45, 2.75) is 4.90 Å². The normalized spacial score (nSPS) is 10.3. The number of hydrogen-bond donors (Lipinski definition) is 1. The van der Waals surface area contributed by atoms with E-state index in [9.17, 15) is 19.3 Å². The number of amides is 1. The summed E-state index contributed by atoms with van der Waals surface area (Å²) < 4.78 is 13.2. The number of benzene rings is 2. The summed E-state index contributed by atoms with van der Waals surface area (Å²) in [5.41, 5.74) is 0.307. The number of carbonyl (C=O) groups is 1. The van der Waals surface area contributed by atoms with E-state index >= 15 is 0 Å². The van der Waals surface area contributed by atoms with Gasteiger partial charge in [0.25, 0.3) is 5.69 Å². The monoisotopic (exact) mass is 340 g/mol. The Kier molecular flexibility index (Phi) is 5.35. The molecule has 114 valence electrons. The minimum atomic E-state index is -0.609. The van der Waals surface area contributed by atoms with Gasteiger partial charge in [0.1, 0.15) is 5.82 Å². The number of anilines is 1. The minimum Gasteiger partial charge on any atom is -0.325 e. The fourth-order valence-corrected chi connectivity index (χ4v) is 2.40. The van der Waals surface area contributed by atoms with Crippen LogP contribution in [0.2, 0.25) is 5.02 Å². The number of nitro groups is 1. The number of nitro benzene ring substituents is 1. The summed E-state index contributed by atoms with van der Waals surface area (Å²) in [5, 5.41) is 13.1. The molecule has 0 radical (unpaired) electrons. The zero-order chi connectivity index (χ0) is 16.1. The van der Waals surface area contributed by atoms with Gasteiger partial charge in [-0.15, -0.1) is 11.8 Å². The lowest BCUT2D eigenvalue weighted by Gasteiger charge is -2.06. The first kappa shape index (κ1) is 16.3. The van der Waals surface area contributed by atoms with Crippen LogP contribution in [0.25, 0.3) is 0 Å². The van der Waals surface area contributed by atoms with Crippen molar-refractivity contribution in [1.82, 2.24) is 0 Å². The standard InChI is InChI=1S/C14H10ClFN2O3S/c15-12-6-1-9(7-13(12)16)17-14(19)8-22-11-4-2-10(3-5-11)18(20)21/h1-7H,8H2,(H,17,19). The molecule has 0 heterocycles. The SMILES string of the molecule is O=C(CSc1ccc([N+](=O)[O-])cc1)Nc1ccc(Cl)c(F)c1. The van der Waals surface area contributed by atoms with Crippen LogP contribution in [0.1, 0.15) is 0 Å². The molecule has 1 amide bonds. The van der Waals surface area contributed by atoms with Crippen LogP contribution in [0.5, 0.6) is 0 Å². The van der Waals surface area contributed by atoms with Crippen LogP contribution in [0.15, 0.2) is 47.4 Å². The first-order valence-electron chi connectivity index (χ1n) is 6.08. The van der Waals surface area contributed by atoms with Gasteiger partial charge in [0.05, 0.1) is 15.7 Å². The smallest absolute Gasteiger partial charge is 0.269 e. The van der Waals surface area contributed by atoms with Gasteiger partial charge in [-0.2, -0.15) is 0 Å². The summed E-state index contributed by atoms with van der Waals surface area (Å²) in [5.74, 6) is -0.824. The van der Waals surface area contributed by atoms with E-state index in [-0.39, 0.29) is 22.4 Å². The molecule has 2 aromatic rings. The molecule has 2 rings (SSSR count). The summed E-state index contributed by atoms with van der Waals surface area (Å²) in [7, 11) is 0. The van der Waals surface area contributed by atoms with E-state index in [1.807, 2.05) is 0 Å². The van der Waals surface area contributed by atoms with Crippen LogP contribution in [-0.2, 0) is 4.79 Å². The van der Waals surface area contributed by atoms with E-state index in [4.69, 9.17) is 11.6 Å². The third kappa shape index (κ3) is 4.44. The molecule has 0 aliphatic heterocycles. The van der Waals surface area contributed by atoms with E-state index in [1.54, 1.807) is 12.1 Å². The Hall–Kier alpha value is -2.12. The van der Waals surface area contributed by atoms with E-state index in [0.717, 1.165) is 11.0 Å². The zero-order valence-corrected chi connectivity index (χ0v) is 12.7. The maximum absolute atomic E-state index is 13.2. The Morgan fingerprint density at radius 1 is 1.27 bits per heavy atom. The zero-order valence-electron chi connectivity index (χ0n) is 11.1. The van der Waals surface area contributed by atoms with Crippen molar-refractivity contribution < 1.29 is 14.1 Å². The van der Waals surface area contributed by atoms with Crippen LogP contribution in [0, 0.1) is 15.9 Å². The minimum absolute atomic E-state index is 0.00885. The molecule has 0 saturated carbocycles. The maximum atomic E-state index is 13.2. The van der Waals surface area contributed by atoms with Crippen molar-refractivity contribution in [2.75, 3.05) is 11.1 Å². The van der Waals surface area contributed by atoms with Gasteiger partial charge in [-0.05, 0) is 30.3 Å². The fourth-order valence-electron chi connectivity index (χ4n) is 1.58. The highest BCUT2D eigenvalue weighted by atomic mass is 35.5. The average Bonchev–Trinajstić information content (AvgIpc) is 2.49. The molecule has 8 heteroatoms. The molecular weight excluding hydrogens is 331 g/mol. The number of nitrogens with one attached hydrogen (secondary N) is 1. The number of hydrogen-bond acceptors (Lipinski definition) is 4. The summed E-state index contributed by atoms with van der Waals surface area (Å²) in [6.45, 7) is 0. The summed E-state index contributed by atoms with van der Waals surface area (Å²) >= 11 is 6.77. The number of rotatable bonds is 5. The van der Waals surface area contributed by atoms with Crippen molar-refractivity contribution in [3.8, 4) is 0 Å². The number of nitrogens with zero attached hydrogens (tertiary/aromatic N) is 1. The molecular formula is C14H10ClFN2O3S. The van der Waals surface area contributed by atoms with Crippen molar-refractivity contribution in [3.63, 3.8) is 0 Å². The molecule has 0 unspecified atom stereocenters. The molecule has 22 heavy (non-hydrogen) atoms. The summed E-state index contributed by atoms with van der Waals surface area (Å²) in [6, 6.07) is 9.87. The van der Waals surface area contributed by atoms with Crippen molar-refractivity contribution in [1.29, 1.82) is 0 Å². The Morgan fingerprint density at radius 3 is 2.55 bits per heavy atom. The Bertz CT molecular complexity index is 710. The lowest BCUT2D eigenvalue weighted by Crippen LogP contribution is -2.14. The number of thioether (sulfide) groups is 1. The molecule has 1 N–H and O–H groups in total. The van der Waals surface area contributed by atoms with Gasteiger partial charge in [-0.25, -0.2) is 4.39 Å². The van der Waals surface area contributed by atoms with Gasteiger partial charge in [0.15, 0.2) is 0 Å². The molecule has 0 aliphatic rings. The summed E-state index contributed by atoms with van der Waals surface area (Å²) in [6.07, 6.45) is 0. The molecule has 0 bridgehead atoms. The average molecular weight is 341 g/mol. The van der Waals surface area contributed by atoms with Crippen LogP contribution < -0.4 is 5.32 Å². The molecule has 0 aromatic heterocycles. The highest BCUT2D eigenvalue weighted by molar-refractivity contribution is 8.00. The highest BCUT2D eigenvalue weighted by Crippen LogP contribution is 2.22. The van der Waals surface area contributed by atoms with Gasteiger partial charge in [0, 0.05) is 22.7 Å². The molecule has 0 atom stereocenters. The van der Waals surface area contributed by atoms with E-state index in [0.29, 0.717) is 5.69 Å². The molecule has 0 spiro atoms. The first-order chi connectivity index (χ1) is 10.5. The molecule has 0 saturated heterocycles. The van der Waals surface area contributed by atoms with Gasteiger partial charge in [-0.1, -0.05) is 11.6 Å². The topological polar surface area (TPSA) is 72.2 Å². The Labute approximate surface area is 134 Å². The van der Waals surface area contributed by atoms with Gasteiger partial charge < -0.3 is 5.32 Å². The molecule has 5 nitrogen and oxygen atoms in total. The predicted molar refractivity (Wildman–Crippen MR) is 83.9 cm³/mol. The largest absolute Gasteiger partial charge is 0.325 e. The van der Waals surface area contributed by atoms with Gasteiger partial charge >= 0.3 is 0 Å². The van der Waals surface area contributed by atoms with E-state index in [2.05, 4.69) is 5.32 Å². The lowest BCUT2D eigenvalue weighted by molar-refractivity contribution is -0.384. The molecule has 0 fully saturated rings. The quantitative estimate of drug-likeness (QED) is 0.505.